The summed E-state index contributed by atoms with van der Waals surface area (Å²) >= 11 is 0. The van der Waals surface area contributed by atoms with E-state index in [1.165, 1.54) is 0 Å². The summed E-state index contributed by atoms with van der Waals surface area (Å²) in [5.74, 6) is -1.63. The molecule has 1 fully saturated rings. The average Bonchev–Trinajstić information content (AvgIpc) is 3.15. The quantitative estimate of drug-likeness (QED) is 0.845. The number of rotatable bonds is 5. The second kappa shape index (κ2) is 7.89. The van der Waals surface area contributed by atoms with Crippen LogP contribution in [-0.2, 0) is 20.9 Å². The molecule has 6 heteroatoms. The number of carbonyl (C=O) groups excluding carboxylic acids is 2. The summed E-state index contributed by atoms with van der Waals surface area (Å²) in [4.78, 5) is 38.1. The number of nitrogens with one attached hydrogen (secondary N) is 1. The van der Waals surface area contributed by atoms with Gasteiger partial charge in [0.15, 0.2) is 0 Å². The second-order valence-corrected chi connectivity index (χ2v) is 7.46. The summed E-state index contributed by atoms with van der Waals surface area (Å²) < 4.78 is 0. The highest BCUT2D eigenvalue weighted by atomic mass is 16.4. The number of hydrogen-bond acceptors (Lipinski definition) is 3. The van der Waals surface area contributed by atoms with Crippen molar-refractivity contribution in [2.24, 2.45) is 5.92 Å². The molecule has 2 atom stereocenters. The van der Waals surface area contributed by atoms with Gasteiger partial charge in [-0.15, -0.1) is 0 Å². The standard InChI is InChI=1S/C20H26N2O4/c1-13(21-19(24)14-6-2-3-7-14)10-18(23)22-11-15-8-4-5-9-16(15)17(12-22)20(25)26/h4-5,8-9,13-14,17H,2-3,6-7,10-12H2,1H3,(H,21,24)(H,25,26). The van der Waals surface area contributed by atoms with Crippen LogP contribution in [0, 0.1) is 5.92 Å². The van der Waals surface area contributed by atoms with Gasteiger partial charge < -0.3 is 15.3 Å². The van der Waals surface area contributed by atoms with Gasteiger partial charge in [0.25, 0.3) is 0 Å². The van der Waals surface area contributed by atoms with E-state index >= 15 is 0 Å². The van der Waals surface area contributed by atoms with E-state index in [0.29, 0.717) is 6.54 Å². The van der Waals surface area contributed by atoms with E-state index in [9.17, 15) is 19.5 Å². The van der Waals surface area contributed by atoms with Crippen molar-refractivity contribution in [1.82, 2.24) is 10.2 Å². The van der Waals surface area contributed by atoms with Gasteiger partial charge in [-0.3, -0.25) is 14.4 Å². The molecule has 1 saturated carbocycles. The number of hydrogen-bond donors (Lipinski definition) is 2. The molecule has 2 amide bonds. The minimum absolute atomic E-state index is 0.0372. The van der Waals surface area contributed by atoms with E-state index in [2.05, 4.69) is 5.32 Å². The lowest BCUT2D eigenvalue weighted by molar-refractivity contribution is -0.141. The van der Waals surface area contributed by atoms with E-state index in [-0.39, 0.29) is 36.7 Å². The lowest BCUT2D eigenvalue weighted by Gasteiger charge is -2.33. The molecule has 1 heterocycles. The molecule has 1 aromatic rings. The van der Waals surface area contributed by atoms with Gasteiger partial charge in [-0.05, 0) is 30.9 Å². The first-order valence-corrected chi connectivity index (χ1v) is 9.34. The topological polar surface area (TPSA) is 86.7 Å². The van der Waals surface area contributed by atoms with Crippen molar-refractivity contribution in [1.29, 1.82) is 0 Å². The normalized spacial score (nSPS) is 21.1. The summed E-state index contributed by atoms with van der Waals surface area (Å²) in [5.41, 5.74) is 1.66. The van der Waals surface area contributed by atoms with Gasteiger partial charge in [0.2, 0.25) is 11.8 Å². The first kappa shape index (κ1) is 18.4. The van der Waals surface area contributed by atoms with E-state index in [4.69, 9.17) is 0 Å². The predicted octanol–water partition coefficient (Wildman–Crippen LogP) is 2.28. The van der Waals surface area contributed by atoms with Crippen LogP contribution in [0.3, 0.4) is 0 Å². The monoisotopic (exact) mass is 358 g/mol. The van der Waals surface area contributed by atoms with Crippen molar-refractivity contribution < 1.29 is 19.5 Å². The van der Waals surface area contributed by atoms with Gasteiger partial charge in [-0.1, -0.05) is 37.1 Å². The predicted molar refractivity (Wildman–Crippen MR) is 96.4 cm³/mol. The van der Waals surface area contributed by atoms with Gasteiger partial charge in [-0.2, -0.15) is 0 Å². The molecule has 0 spiro atoms. The van der Waals surface area contributed by atoms with Crippen LogP contribution < -0.4 is 5.32 Å². The van der Waals surface area contributed by atoms with Gasteiger partial charge in [0.1, 0.15) is 0 Å². The summed E-state index contributed by atoms with van der Waals surface area (Å²) in [6, 6.07) is 7.12. The third-order valence-electron chi connectivity index (χ3n) is 5.44. The molecule has 0 aromatic heterocycles. The van der Waals surface area contributed by atoms with Crippen molar-refractivity contribution >= 4 is 17.8 Å². The van der Waals surface area contributed by atoms with Crippen LogP contribution in [-0.4, -0.2) is 40.4 Å². The molecule has 1 aliphatic heterocycles. The number of nitrogens with zero attached hydrogens (tertiary/aromatic N) is 1. The molecule has 0 radical (unpaired) electrons. The average molecular weight is 358 g/mol. The maximum atomic E-state index is 12.7. The fraction of sp³-hybridized carbons (Fsp3) is 0.550. The first-order valence-electron chi connectivity index (χ1n) is 9.34. The van der Waals surface area contributed by atoms with Crippen LogP contribution >= 0.6 is 0 Å². The highest BCUT2D eigenvalue weighted by Gasteiger charge is 2.33. The largest absolute Gasteiger partial charge is 0.481 e. The Bertz CT molecular complexity index is 697. The van der Waals surface area contributed by atoms with Crippen LogP contribution in [0.15, 0.2) is 24.3 Å². The Morgan fingerprint density at radius 1 is 1.23 bits per heavy atom. The third-order valence-corrected chi connectivity index (χ3v) is 5.44. The number of fused-ring (bicyclic) bond motifs is 1. The molecular weight excluding hydrogens is 332 g/mol. The number of aliphatic carboxylic acids is 1. The van der Waals surface area contributed by atoms with E-state index in [0.717, 1.165) is 36.8 Å². The molecule has 1 aliphatic carbocycles. The summed E-state index contributed by atoms with van der Waals surface area (Å²) in [5, 5.41) is 12.5. The SMILES string of the molecule is CC(CC(=O)N1Cc2ccccc2C(C(=O)O)C1)NC(=O)C1CCCC1. The summed E-state index contributed by atoms with van der Waals surface area (Å²) in [6.45, 7) is 2.42. The van der Waals surface area contributed by atoms with Crippen molar-refractivity contribution in [3.8, 4) is 0 Å². The smallest absolute Gasteiger partial charge is 0.312 e. The number of carboxylic acids is 1. The maximum Gasteiger partial charge on any atom is 0.312 e. The molecule has 1 aromatic carbocycles. The van der Waals surface area contributed by atoms with Gasteiger partial charge >= 0.3 is 5.97 Å². The zero-order chi connectivity index (χ0) is 18.7. The number of carboxylic acid groups (broad SMARTS) is 1. The zero-order valence-corrected chi connectivity index (χ0v) is 15.1. The number of amides is 2. The number of benzene rings is 1. The zero-order valence-electron chi connectivity index (χ0n) is 15.1. The molecule has 2 aliphatic rings. The molecule has 2 N–H and O–H groups in total. The molecule has 6 nitrogen and oxygen atoms in total. The highest BCUT2D eigenvalue weighted by Crippen LogP contribution is 2.29. The van der Waals surface area contributed by atoms with Crippen molar-refractivity contribution in [3.63, 3.8) is 0 Å². The Hall–Kier alpha value is -2.37. The van der Waals surface area contributed by atoms with Crippen molar-refractivity contribution in [3.05, 3.63) is 35.4 Å². The maximum absolute atomic E-state index is 12.7. The Balaban J connectivity index is 1.61. The Morgan fingerprint density at radius 2 is 1.92 bits per heavy atom. The lowest BCUT2D eigenvalue weighted by atomic mass is 9.89. The second-order valence-electron chi connectivity index (χ2n) is 7.46. The molecule has 140 valence electrons. The summed E-state index contributed by atoms with van der Waals surface area (Å²) in [6.07, 6.45) is 4.22. The van der Waals surface area contributed by atoms with Gasteiger partial charge in [-0.25, -0.2) is 0 Å². The molecule has 3 rings (SSSR count). The molecule has 0 bridgehead atoms. The van der Waals surface area contributed by atoms with Crippen LogP contribution in [0.2, 0.25) is 0 Å². The van der Waals surface area contributed by atoms with E-state index in [1.54, 1.807) is 4.90 Å². The van der Waals surface area contributed by atoms with Gasteiger partial charge in [0.05, 0.1) is 5.92 Å². The highest BCUT2D eigenvalue weighted by molar-refractivity contribution is 5.83. The van der Waals surface area contributed by atoms with Crippen molar-refractivity contribution in [2.75, 3.05) is 6.54 Å². The minimum atomic E-state index is -0.919. The fourth-order valence-electron chi connectivity index (χ4n) is 4.00. The molecular formula is C20H26N2O4. The summed E-state index contributed by atoms with van der Waals surface area (Å²) in [7, 11) is 0. The van der Waals surface area contributed by atoms with Crippen LogP contribution in [0.1, 0.15) is 56.1 Å². The number of carbonyl (C=O) groups is 3. The van der Waals surface area contributed by atoms with E-state index in [1.807, 2.05) is 31.2 Å². The minimum Gasteiger partial charge on any atom is -0.481 e. The Kier molecular flexibility index (Phi) is 5.59. The molecule has 0 saturated heterocycles. The van der Waals surface area contributed by atoms with Crippen LogP contribution in [0.5, 0.6) is 0 Å². The van der Waals surface area contributed by atoms with E-state index < -0.39 is 11.9 Å². The fourth-order valence-corrected chi connectivity index (χ4v) is 4.00. The Labute approximate surface area is 153 Å². The van der Waals surface area contributed by atoms with Crippen molar-refractivity contribution in [2.45, 2.75) is 57.5 Å². The first-order chi connectivity index (χ1) is 12.5. The van der Waals surface area contributed by atoms with Crippen LogP contribution in [0.25, 0.3) is 0 Å². The molecule has 2 unspecified atom stereocenters. The Morgan fingerprint density at radius 3 is 2.62 bits per heavy atom. The van der Waals surface area contributed by atoms with Gasteiger partial charge in [0, 0.05) is 31.5 Å². The lowest BCUT2D eigenvalue weighted by Crippen LogP contribution is -2.44. The molecule has 26 heavy (non-hydrogen) atoms. The third kappa shape index (κ3) is 4.06. The van der Waals surface area contributed by atoms with Crippen LogP contribution in [0.4, 0.5) is 0 Å².